The molecule has 0 saturated heterocycles. The van der Waals surface area contributed by atoms with Crippen molar-refractivity contribution in [2.45, 2.75) is 50.7 Å². The van der Waals surface area contributed by atoms with Gasteiger partial charge in [0.05, 0.1) is 39.0 Å². The lowest BCUT2D eigenvalue weighted by molar-refractivity contribution is -0.139. The Hall–Kier alpha value is -4.52. The predicted molar refractivity (Wildman–Crippen MR) is 168 cm³/mol. The molecule has 1 N–H and O–H groups in total. The minimum atomic E-state index is -4.51. The van der Waals surface area contributed by atoms with Gasteiger partial charge in [-0.3, -0.25) is 13.9 Å². The second-order valence-electron chi connectivity index (χ2n) is 10.2. The molecule has 0 aromatic heterocycles. The van der Waals surface area contributed by atoms with Crippen LogP contribution in [0.5, 0.6) is 23.0 Å². The summed E-state index contributed by atoms with van der Waals surface area (Å²) in [6, 6.07) is 13.1. The van der Waals surface area contributed by atoms with Gasteiger partial charge in [0.15, 0.2) is 11.5 Å². The summed E-state index contributed by atoms with van der Waals surface area (Å²) in [5.41, 5.74) is 0.157. The summed E-state index contributed by atoms with van der Waals surface area (Å²) in [7, 11) is 1.05. The van der Waals surface area contributed by atoms with Crippen LogP contribution >= 0.6 is 0 Å². The van der Waals surface area contributed by atoms with Crippen molar-refractivity contribution in [3.8, 4) is 23.0 Å². The van der Waals surface area contributed by atoms with Crippen LogP contribution in [0, 0.1) is 5.82 Å². The number of halogens is 1. The molecule has 244 valence electrons. The molecule has 0 bridgehead atoms. The molecule has 2 amide bonds. The summed E-state index contributed by atoms with van der Waals surface area (Å²) in [5, 5.41) is 2.84. The Bertz CT molecular complexity index is 1600. The summed E-state index contributed by atoms with van der Waals surface area (Å²) in [4.78, 5) is 28.4. The maximum Gasteiger partial charge on any atom is 0.265 e. The van der Waals surface area contributed by atoms with Crippen LogP contribution in [0.1, 0.15) is 32.8 Å². The van der Waals surface area contributed by atoms with Crippen molar-refractivity contribution >= 4 is 27.5 Å². The number of amides is 2. The Labute approximate surface area is 263 Å². The van der Waals surface area contributed by atoms with Gasteiger partial charge in [0, 0.05) is 30.3 Å². The van der Waals surface area contributed by atoms with Crippen molar-refractivity contribution in [2.75, 3.05) is 39.3 Å². The van der Waals surface area contributed by atoms with Crippen molar-refractivity contribution in [1.29, 1.82) is 0 Å². The van der Waals surface area contributed by atoms with Crippen LogP contribution in [0.25, 0.3) is 0 Å². The fourth-order valence-corrected chi connectivity index (χ4v) is 5.90. The maximum absolute atomic E-state index is 14.8. The zero-order chi connectivity index (χ0) is 33.3. The first-order valence-corrected chi connectivity index (χ1v) is 15.7. The molecule has 0 radical (unpaired) electrons. The largest absolute Gasteiger partial charge is 0.497 e. The van der Waals surface area contributed by atoms with E-state index < -0.39 is 40.2 Å². The molecule has 13 heteroatoms. The molecule has 3 rings (SSSR count). The number of nitrogens with zero attached hydrogens (tertiary/aromatic N) is 2. The predicted octanol–water partition coefficient (Wildman–Crippen LogP) is 4.39. The normalized spacial score (nSPS) is 12.4. The second-order valence-corrected chi connectivity index (χ2v) is 12.0. The van der Waals surface area contributed by atoms with Gasteiger partial charge in [0.1, 0.15) is 29.9 Å². The number of benzene rings is 3. The summed E-state index contributed by atoms with van der Waals surface area (Å²) >= 11 is 0. The van der Waals surface area contributed by atoms with Crippen LogP contribution in [0.15, 0.2) is 65.6 Å². The quantitative estimate of drug-likeness (QED) is 0.258. The molecule has 3 aromatic carbocycles. The van der Waals surface area contributed by atoms with E-state index in [9.17, 15) is 22.4 Å². The summed E-state index contributed by atoms with van der Waals surface area (Å²) in [6.07, 6.45) is 0.646. The number of sulfonamides is 1. The number of rotatable bonds is 15. The molecule has 0 aliphatic heterocycles. The first kappa shape index (κ1) is 35.0. The maximum atomic E-state index is 14.8. The van der Waals surface area contributed by atoms with E-state index in [4.69, 9.17) is 18.9 Å². The number of nitrogens with one attached hydrogen (secondary N) is 1. The summed E-state index contributed by atoms with van der Waals surface area (Å²) in [5.74, 6) is -0.921. The van der Waals surface area contributed by atoms with Crippen molar-refractivity contribution in [3.63, 3.8) is 0 Å². The summed E-state index contributed by atoms with van der Waals surface area (Å²) < 4.78 is 65.8. The van der Waals surface area contributed by atoms with Crippen LogP contribution in [0.2, 0.25) is 0 Å². The molecule has 0 saturated carbocycles. The van der Waals surface area contributed by atoms with Crippen LogP contribution in [0.3, 0.4) is 0 Å². The molecule has 0 aliphatic carbocycles. The number of ether oxygens (including phenoxy) is 4. The smallest absolute Gasteiger partial charge is 0.265 e. The highest BCUT2D eigenvalue weighted by Gasteiger charge is 2.35. The lowest BCUT2D eigenvalue weighted by atomic mass is 10.1. The molecule has 45 heavy (non-hydrogen) atoms. The second kappa shape index (κ2) is 15.5. The van der Waals surface area contributed by atoms with Gasteiger partial charge in [-0.05, 0) is 50.6 Å². The van der Waals surface area contributed by atoms with Crippen LogP contribution in [-0.4, -0.2) is 72.2 Å². The van der Waals surface area contributed by atoms with E-state index in [0.717, 1.165) is 9.21 Å². The Morgan fingerprint density at radius 1 is 0.867 bits per heavy atom. The zero-order valence-electron chi connectivity index (χ0n) is 26.5. The number of methoxy groups -OCH3 is 4. The molecule has 2 atom stereocenters. The standard InChI is InChI=1S/C32H40FN3O8S/c1-8-21(2)34-32(38)22(3)35(19-23-11-9-10-12-26(23)33)31(37)20-36(27-17-24(41-4)13-15-28(27)42-5)45(39,40)25-14-16-29(43-6)30(18-25)44-7/h9-18,21-22H,8,19-20H2,1-7H3,(H,34,38)/t21-,22-/m1/s1. The van der Waals surface area contributed by atoms with Gasteiger partial charge < -0.3 is 29.2 Å². The number of carbonyl (C=O) groups excluding carboxylic acids is 2. The minimum Gasteiger partial charge on any atom is -0.497 e. The van der Waals surface area contributed by atoms with Crippen LogP contribution in [0.4, 0.5) is 10.1 Å². The van der Waals surface area contributed by atoms with Crippen molar-refractivity contribution in [3.05, 3.63) is 72.0 Å². The van der Waals surface area contributed by atoms with E-state index in [1.807, 2.05) is 13.8 Å². The van der Waals surface area contributed by atoms with Gasteiger partial charge in [0.2, 0.25) is 11.8 Å². The number of carbonyl (C=O) groups is 2. The molecule has 3 aromatic rings. The van der Waals surface area contributed by atoms with E-state index >= 15 is 0 Å². The van der Waals surface area contributed by atoms with Gasteiger partial charge in [0.25, 0.3) is 10.0 Å². The molecule has 0 unspecified atom stereocenters. The van der Waals surface area contributed by atoms with Crippen molar-refractivity contribution < 1.29 is 41.3 Å². The van der Waals surface area contributed by atoms with E-state index in [1.54, 1.807) is 12.1 Å². The fourth-order valence-electron chi connectivity index (χ4n) is 4.47. The monoisotopic (exact) mass is 645 g/mol. The molecular weight excluding hydrogens is 605 g/mol. The molecule has 0 aliphatic rings. The molecule has 0 heterocycles. The van der Waals surface area contributed by atoms with Crippen molar-refractivity contribution in [1.82, 2.24) is 10.2 Å². The molecule has 11 nitrogen and oxygen atoms in total. The van der Waals surface area contributed by atoms with Gasteiger partial charge in [-0.25, -0.2) is 12.8 Å². The molecule has 0 fully saturated rings. The van der Waals surface area contributed by atoms with E-state index in [1.165, 1.54) is 83.9 Å². The van der Waals surface area contributed by atoms with E-state index in [2.05, 4.69) is 5.32 Å². The van der Waals surface area contributed by atoms with Gasteiger partial charge in [-0.2, -0.15) is 0 Å². The highest BCUT2D eigenvalue weighted by atomic mass is 32.2. The Morgan fingerprint density at radius 3 is 2.11 bits per heavy atom. The average Bonchev–Trinajstić information content (AvgIpc) is 3.05. The first-order valence-electron chi connectivity index (χ1n) is 14.2. The topological polar surface area (TPSA) is 124 Å². The van der Waals surface area contributed by atoms with Crippen molar-refractivity contribution in [2.24, 2.45) is 0 Å². The lowest BCUT2D eigenvalue weighted by Crippen LogP contribution is -2.52. The van der Waals surface area contributed by atoms with Crippen LogP contribution < -0.4 is 28.6 Å². The third-order valence-electron chi connectivity index (χ3n) is 7.34. The third-order valence-corrected chi connectivity index (χ3v) is 9.10. The minimum absolute atomic E-state index is 0.00235. The van der Waals surface area contributed by atoms with E-state index in [0.29, 0.717) is 17.9 Å². The average molecular weight is 646 g/mol. The first-order chi connectivity index (χ1) is 21.4. The Kier molecular flexibility index (Phi) is 12.0. The number of anilines is 1. The SMILES string of the molecule is CC[C@@H](C)NC(=O)[C@@H](C)N(Cc1ccccc1F)C(=O)CN(c1cc(OC)ccc1OC)S(=O)(=O)c1ccc(OC)c(OC)c1. The fraction of sp³-hybridized carbons (Fsp3) is 0.375. The van der Waals surface area contributed by atoms with Gasteiger partial charge in [-0.1, -0.05) is 25.1 Å². The summed E-state index contributed by atoms with van der Waals surface area (Å²) in [6.45, 7) is 4.17. The Balaban J connectivity index is 2.18. The number of hydrogen-bond donors (Lipinski definition) is 1. The zero-order valence-corrected chi connectivity index (χ0v) is 27.3. The molecule has 0 spiro atoms. The highest BCUT2D eigenvalue weighted by molar-refractivity contribution is 7.92. The molecular formula is C32H40FN3O8S. The third kappa shape index (κ3) is 8.15. The van der Waals surface area contributed by atoms with E-state index in [-0.39, 0.29) is 40.2 Å². The highest BCUT2D eigenvalue weighted by Crippen LogP contribution is 2.37. The number of hydrogen-bond acceptors (Lipinski definition) is 8. The lowest BCUT2D eigenvalue weighted by Gasteiger charge is -2.33. The van der Waals surface area contributed by atoms with Gasteiger partial charge >= 0.3 is 0 Å². The van der Waals surface area contributed by atoms with Crippen LogP contribution in [-0.2, 0) is 26.2 Å². The Morgan fingerprint density at radius 2 is 1.51 bits per heavy atom. The van der Waals surface area contributed by atoms with Gasteiger partial charge in [-0.15, -0.1) is 0 Å².